The molecule has 0 aliphatic rings. The highest BCUT2D eigenvalue weighted by Crippen LogP contribution is 2.14. The van der Waals surface area contributed by atoms with Crippen LogP contribution in [-0.4, -0.2) is 24.5 Å². The van der Waals surface area contributed by atoms with Gasteiger partial charge in [-0.2, -0.15) is 0 Å². The third-order valence-corrected chi connectivity index (χ3v) is 3.45. The zero-order valence-electron chi connectivity index (χ0n) is 13.3. The summed E-state index contributed by atoms with van der Waals surface area (Å²) in [4.78, 5) is 2.44. The minimum atomic E-state index is -0.242. The second-order valence-electron chi connectivity index (χ2n) is 5.29. The van der Waals surface area contributed by atoms with Crippen LogP contribution in [0.15, 0.2) is 18.2 Å². The lowest BCUT2D eigenvalue weighted by Crippen LogP contribution is -2.26. The average molecular weight is 290 g/mol. The van der Waals surface area contributed by atoms with Gasteiger partial charge in [0.05, 0.1) is 6.54 Å². The number of hydrogen-bond acceptors (Lipinski definition) is 2. The van der Waals surface area contributed by atoms with Gasteiger partial charge in [0.15, 0.2) is 0 Å². The third-order valence-electron chi connectivity index (χ3n) is 3.45. The van der Waals surface area contributed by atoms with Gasteiger partial charge in [-0.3, -0.25) is 4.90 Å². The summed E-state index contributed by atoms with van der Waals surface area (Å²) < 4.78 is 13.4. The van der Waals surface area contributed by atoms with Crippen LogP contribution in [0, 0.1) is 17.7 Å². The lowest BCUT2D eigenvalue weighted by molar-refractivity contribution is 0.257. The van der Waals surface area contributed by atoms with Crippen LogP contribution in [0.5, 0.6) is 0 Å². The van der Waals surface area contributed by atoms with Gasteiger partial charge < -0.3 is 5.73 Å². The van der Waals surface area contributed by atoms with Crippen LogP contribution in [0.2, 0.25) is 0 Å². The van der Waals surface area contributed by atoms with E-state index in [2.05, 4.69) is 30.6 Å². The van der Waals surface area contributed by atoms with Crippen LogP contribution in [0.3, 0.4) is 0 Å². The summed E-state index contributed by atoms with van der Waals surface area (Å²) in [5.74, 6) is 5.57. The summed E-state index contributed by atoms with van der Waals surface area (Å²) in [6.07, 6.45) is 4.75. The number of rotatable bonds is 8. The van der Waals surface area contributed by atoms with E-state index in [1.54, 1.807) is 0 Å². The number of benzene rings is 1. The molecule has 0 aliphatic heterocycles. The molecule has 0 amide bonds. The van der Waals surface area contributed by atoms with Crippen LogP contribution in [-0.2, 0) is 6.54 Å². The van der Waals surface area contributed by atoms with Crippen molar-refractivity contribution < 1.29 is 4.39 Å². The molecule has 3 heteroatoms. The monoisotopic (exact) mass is 290 g/mol. The van der Waals surface area contributed by atoms with Crippen molar-refractivity contribution in [1.82, 2.24) is 4.90 Å². The zero-order valence-corrected chi connectivity index (χ0v) is 13.3. The number of unbranched alkanes of at least 4 members (excludes halogenated alkanes) is 2. The summed E-state index contributed by atoms with van der Waals surface area (Å²) in [7, 11) is 0. The van der Waals surface area contributed by atoms with Crippen LogP contribution in [0.4, 0.5) is 4.39 Å². The van der Waals surface area contributed by atoms with Crippen molar-refractivity contribution in [3.05, 3.63) is 35.1 Å². The van der Waals surface area contributed by atoms with Crippen molar-refractivity contribution in [2.45, 2.75) is 46.1 Å². The van der Waals surface area contributed by atoms with Gasteiger partial charge in [0.25, 0.3) is 0 Å². The maximum absolute atomic E-state index is 13.4. The first-order chi connectivity index (χ1) is 10.2. The number of hydrogen-bond donors (Lipinski definition) is 1. The van der Waals surface area contributed by atoms with Crippen LogP contribution < -0.4 is 5.73 Å². The summed E-state index contributed by atoms with van der Waals surface area (Å²) in [5.41, 5.74) is 7.27. The van der Waals surface area contributed by atoms with E-state index in [0.29, 0.717) is 6.54 Å². The molecule has 1 aromatic rings. The summed E-state index contributed by atoms with van der Waals surface area (Å²) in [5, 5.41) is 0. The molecular formula is C18H27FN2. The van der Waals surface area contributed by atoms with Gasteiger partial charge in [0.1, 0.15) is 5.82 Å². The highest BCUT2D eigenvalue weighted by atomic mass is 19.1. The second kappa shape index (κ2) is 10.4. The minimum Gasteiger partial charge on any atom is -0.320 e. The Labute approximate surface area is 128 Å². The van der Waals surface area contributed by atoms with Crippen LogP contribution in [0.25, 0.3) is 0 Å². The van der Waals surface area contributed by atoms with Gasteiger partial charge in [-0.1, -0.05) is 44.6 Å². The maximum Gasteiger partial charge on any atom is 0.124 e. The first kappa shape index (κ1) is 17.7. The molecule has 0 aromatic heterocycles. The summed E-state index contributed by atoms with van der Waals surface area (Å²) >= 11 is 0. The Morgan fingerprint density at radius 3 is 2.38 bits per heavy atom. The fourth-order valence-electron chi connectivity index (χ4n) is 2.22. The molecule has 1 rings (SSSR count). The number of nitrogens with two attached hydrogens (primary N) is 1. The summed E-state index contributed by atoms with van der Waals surface area (Å²) in [6, 6.07) is 4.87. The lowest BCUT2D eigenvalue weighted by atomic mass is 10.1. The van der Waals surface area contributed by atoms with E-state index >= 15 is 0 Å². The second-order valence-corrected chi connectivity index (χ2v) is 5.29. The molecule has 0 fully saturated rings. The van der Waals surface area contributed by atoms with Crippen molar-refractivity contribution in [2.24, 2.45) is 5.73 Å². The fourth-order valence-corrected chi connectivity index (χ4v) is 2.22. The minimum absolute atomic E-state index is 0.242. The van der Waals surface area contributed by atoms with Crippen molar-refractivity contribution in [3.63, 3.8) is 0 Å². The molecule has 116 valence electrons. The molecule has 0 saturated carbocycles. The molecule has 0 heterocycles. The zero-order chi connectivity index (χ0) is 15.5. The van der Waals surface area contributed by atoms with Crippen molar-refractivity contribution >= 4 is 0 Å². The van der Waals surface area contributed by atoms with Gasteiger partial charge in [-0.25, -0.2) is 4.39 Å². The number of nitrogens with zero attached hydrogens (tertiary/aromatic N) is 1. The Hall–Kier alpha value is -1.37. The molecule has 0 bridgehead atoms. The first-order valence-corrected chi connectivity index (χ1v) is 7.91. The quantitative estimate of drug-likeness (QED) is 0.742. The largest absolute Gasteiger partial charge is 0.320 e. The van der Waals surface area contributed by atoms with Crippen LogP contribution >= 0.6 is 0 Å². The standard InChI is InChI=1S/C18H27FN2/c1-3-5-12-21(13-6-4-2)15-17-9-10-18(19)14-16(17)8-7-11-20/h9-10,14H,3-6,11-13,15,20H2,1-2H3. The topological polar surface area (TPSA) is 29.3 Å². The van der Waals surface area contributed by atoms with E-state index in [1.807, 2.05) is 6.07 Å². The van der Waals surface area contributed by atoms with Crippen LogP contribution in [0.1, 0.15) is 50.7 Å². The Bertz CT molecular complexity index is 466. The van der Waals surface area contributed by atoms with E-state index < -0.39 is 0 Å². The highest BCUT2D eigenvalue weighted by Gasteiger charge is 2.09. The predicted molar refractivity (Wildman–Crippen MR) is 87.4 cm³/mol. The predicted octanol–water partition coefficient (Wildman–Crippen LogP) is 3.54. The Balaban J connectivity index is 2.85. The van der Waals surface area contributed by atoms with Gasteiger partial charge in [0, 0.05) is 12.1 Å². The molecule has 2 nitrogen and oxygen atoms in total. The highest BCUT2D eigenvalue weighted by molar-refractivity contribution is 5.41. The van der Waals surface area contributed by atoms with Gasteiger partial charge in [0.2, 0.25) is 0 Å². The van der Waals surface area contributed by atoms with E-state index in [9.17, 15) is 4.39 Å². The lowest BCUT2D eigenvalue weighted by Gasteiger charge is -2.22. The molecule has 0 radical (unpaired) electrons. The molecule has 21 heavy (non-hydrogen) atoms. The van der Waals surface area contributed by atoms with E-state index in [-0.39, 0.29) is 5.82 Å². The van der Waals surface area contributed by atoms with Crippen molar-refractivity contribution in [1.29, 1.82) is 0 Å². The molecule has 2 N–H and O–H groups in total. The Kier molecular flexibility index (Phi) is 8.73. The third kappa shape index (κ3) is 6.75. The fraction of sp³-hybridized carbons (Fsp3) is 0.556. The van der Waals surface area contributed by atoms with Crippen molar-refractivity contribution in [3.8, 4) is 11.8 Å². The van der Waals surface area contributed by atoms with E-state index in [4.69, 9.17) is 5.73 Å². The summed E-state index contributed by atoms with van der Waals surface area (Å²) in [6.45, 7) is 7.69. The molecule has 0 unspecified atom stereocenters. The Morgan fingerprint density at radius 1 is 1.14 bits per heavy atom. The Morgan fingerprint density at radius 2 is 1.81 bits per heavy atom. The molecule has 0 spiro atoms. The molecule has 0 aliphatic carbocycles. The van der Waals surface area contributed by atoms with Crippen molar-refractivity contribution in [2.75, 3.05) is 19.6 Å². The maximum atomic E-state index is 13.4. The number of halogens is 1. The molecular weight excluding hydrogens is 263 g/mol. The van der Waals surface area contributed by atoms with E-state index in [1.165, 1.54) is 37.8 Å². The van der Waals surface area contributed by atoms with Gasteiger partial charge >= 0.3 is 0 Å². The van der Waals surface area contributed by atoms with Gasteiger partial charge in [-0.05, 0) is 43.6 Å². The smallest absolute Gasteiger partial charge is 0.124 e. The normalized spacial score (nSPS) is 10.5. The molecule has 0 atom stereocenters. The van der Waals surface area contributed by atoms with Gasteiger partial charge in [-0.15, -0.1) is 0 Å². The average Bonchev–Trinajstić information content (AvgIpc) is 2.49. The molecule has 0 saturated heterocycles. The molecule has 1 aromatic carbocycles. The first-order valence-electron chi connectivity index (χ1n) is 7.91. The van der Waals surface area contributed by atoms with E-state index in [0.717, 1.165) is 30.8 Å². The SMILES string of the molecule is CCCCN(CCCC)Cc1ccc(F)cc1C#CCN.